The van der Waals surface area contributed by atoms with Gasteiger partial charge in [0.15, 0.2) is 0 Å². The molecular weight excluding hydrogens is 228 g/mol. The lowest BCUT2D eigenvalue weighted by Crippen LogP contribution is -2.18. The Morgan fingerprint density at radius 1 is 1.24 bits per heavy atom. The van der Waals surface area contributed by atoms with Crippen molar-refractivity contribution < 1.29 is 0 Å². The zero-order valence-corrected chi connectivity index (χ0v) is 12.7. The summed E-state index contributed by atoms with van der Waals surface area (Å²) in [4.78, 5) is 6.21. The lowest BCUT2D eigenvalue weighted by atomic mass is 10.1. The Morgan fingerprint density at radius 2 is 1.94 bits per heavy atom. The number of nitrogens with one attached hydrogen (secondary N) is 1. The molecule has 1 rings (SSSR count). The van der Waals surface area contributed by atoms with Gasteiger partial charge in [-0.2, -0.15) is 0 Å². The summed E-state index contributed by atoms with van der Waals surface area (Å²) in [6.45, 7) is 13.2. The fraction of sp³-hybridized carbons (Fsp3) is 0.786. The van der Waals surface area contributed by atoms with Crippen molar-refractivity contribution in [3.05, 3.63) is 15.6 Å². The molecule has 1 heterocycles. The van der Waals surface area contributed by atoms with Gasteiger partial charge in [-0.3, -0.25) is 0 Å². The van der Waals surface area contributed by atoms with Gasteiger partial charge in [-0.1, -0.05) is 34.6 Å². The molecular formula is C14H26N2S. The summed E-state index contributed by atoms with van der Waals surface area (Å²) in [5.74, 6) is 1.31. The van der Waals surface area contributed by atoms with Crippen LogP contribution >= 0.6 is 11.3 Å². The first-order valence-electron chi connectivity index (χ1n) is 6.77. The minimum atomic E-state index is 0.601. The van der Waals surface area contributed by atoms with Crippen LogP contribution < -0.4 is 5.32 Å². The van der Waals surface area contributed by atoms with Crippen LogP contribution in [0.5, 0.6) is 0 Å². The molecule has 1 aromatic rings. The van der Waals surface area contributed by atoms with Gasteiger partial charge in [-0.15, -0.1) is 11.3 Å². The number of aryl methyl sites for hydroxylation is 1. The van der Waals surface area contributed by atoms with Crippen LogP contribution in [0.2, 0.25) is 0 Å². The van der Waals surface area contributed by atoms with E-state index in [1.807, 2.05) is 11.3 Å². The Bertz CT molecular complexity index is 331. The first-order chi connectivity index (χ1) is 8.08. The highest BCUT2D eigenvalue weighted by molar-refractivity contribution is 7.11. The minimum Gasteiger partial charge on any atom is -0.312 e. The van der Waals surface area contributed by atoms with Gasteiger partial charge in [-0.25, -0.2) is 4.98 Å². The van der Waals surface area contributed by atoms with E-state index in [2.05, 4.69) is 39.9 Å². The van der Waals surface area contributed by atoms with Gasteiger partial charge >= 0.3 is 0 Å². The number of nitrogens with zero attached hydrogens (tertiary/aromatic N) is 1. The summed E-state index contributed by atoms with van der Waals surface area (Å²) >= 11 is 1.89. The molecule has 0 amide bonds. The molecule has 1 aromatic heterocycles. The summed E-state index contributed by atoms with van der Waals surface area (Å²) < 4.78 is 0. The van der Waals surface area contributed by atoms with Crippen LogP contribution in [0, 0.1) is 5.92 Å². The van der Waals surface area contributed by atoms with Crippen molar-refractivity contribution in [2.45, 2.75) is 59.9 Å². The molecule has 0 aromatic carbocycles. The smallest absolute Gasteiger partial charge is 0.0959 e. The van der Waals surface area contributed by atoms with Crippen molar-refractivity contribution >= 4 is 11.3 Å². The van der Waals surface area contributed by atoms with Gasteiger partial charge in [0.2, 0.25) is 0 Å². The molecule has 0 aliphatic rings. The standard InChI is InChI=1S/C14H26N2S/c1-6-11(5)14-16-12(7-2)13(17-14)9-15-8-10(3)4/h10-11,15H,6-9H2,1-5H3. The highest BCUT2D eigenvalue weighted by Crippen LogP contribution is 2.27. The largest absolute Gasteiger partial charge is 0.312 e. The SMILES string of the molecule is CCc1nc(C(C)CC)sc1CNCC(C)C. The van der Waals surface area contributed by atoms with Crippen molar-refractivity contribution in [2.75, 3.05) is 6.54 Å². The van der Waals surface area contributed by atoms with Gasteiger partial charge in [0.1, 0.15) is 0 Å². The molecule has 0 aliphatic heterocycles. The molecule has 17 heavy (non-hydrogen) atoms. The van der Waals surface area contributed by atoms with E-state index in [1.165, 1.54) is 22.0 Å². The van der Waals surface area contributed by atoms with Crippen molar-refractivity contribution in [3.8, 4) is 0 Å². The topological polar surface area (TPSA) is 24.9 Å². The Morgan fingerprint density at radius 3 is 2.47 bits per heavy atom. The van der Waals surface area contributed by atoms with E-state index in [9.17, 15) is 0 Å². The third-order valence-corrected chi connectivity index (χ3v) is 4.33. The summed E-state index contributed by atoms with van der Waals surface area (Å²) in [5, 5.41) is 4.83. The van der Waals surface area contributed by atoms with Crippen molar-refractivity contribution in [1.29, 1.82) is 0 Å². The highest BCUT2D eigenvalue weighted by Gasteiger charge is 2.13. The quantitative estimate of drug-likeness (QED) is 0.796. The second kappa shape index (κ2) is 7.12. The van der Waals surface area contributed by atoms with Crippen LogP contribution in [-0.2, 0) is 13.0 Å². The number of rotatable bonds is 7. The second-order valence-electron chi connectivity index (χ2n) is 5.11. The van der Waals surface area contributed by atoms with Crippen LogP contribution in [0.25, 0.3) is 0 Å². The van der Waals surface area contributed by atoms with Crippen molar-refractivity contribution in [1.82, 2.24) is 10.3 Å². The maximum absolute atomic E-state index is 4.78. The summed E-state index contributed by atoms with van der Waals surface area (Å²) in [6, 6.07) is 0. The van der Waals surface area contributed by atoms with E-state index in [1.54, 1.807) is 0 Å². The van der Waals surface area contributed by atoms with E-state index >= 15 is 0 Å². The van der Waals surface area contributed by atoms with Gasteiger partial charge < -0.3 is 5.32 Å². The van der Waals surface area contributed by atoms with Crippen LogP contribution in [0.4, 0.5) is 0 Å². The third-order valence-electron chi connectivity index (χ3n) is 3.00. The van der Waals surface area contributed by atoms with Gasteiger partial charge in [-0.05, 0) is 25.3 Å². The normalized spacial score (nSPS) is 13.3. The molecule has 2 nitrogen and oxygen atoms in total. The lowest BCUT2D eigenvalue weighted by molar-refractivity contribution is 0.553. The van der Waals surface area contributed by atoms with Crippen LogP contribution in [0.3, 0.4) is 0 Å². The van der Waals surface area contributed by atoms with Gasteiger partial charge in [0.05, 0.1) is 10.7 Å². The fourth-order valence-electron chi connectivity index (χ4n) is 1.68. The summed E-state index contributed by atoms with van der Waals surface area (Å²) in [6.07, 6.45) is 2.22. The molecule has 98 valence electrons. The molecule has 0 saturated heterocycles. The fourth-order valence-corrected chi connectivity index (χ4v) is 2.94. The average molecular weight is 254 g/mol. The predicted molar refractivity (Wildman–Crippen MR) is 76.7 cm³/mol. The van der Waals surface area contributed by atoms with Crippen molar-refractivity contribution in [2.24, 2.45) is 5.92 Å². The molecule has 0 saturated carbocycles. The number of aromatic nitrogens is 1. The molecule has 0 spiro atoms. The molecule has 3 heteroatoms. The zero-order chi connectivity index (χ0) is 12.8. The van der Waals surface area contributed by atoms with Gasteiger partial charge in [0, 0.05) is 17.3 Å². The van der Waals surface area contributed by atoms with E-state index in [-0.39, 0.29) is 0 Å². The molecule has 0 radical (unpaired) electrons. The first-order valence-corrected chi connectivity index (χ1v) is 7.59. The molecule has 0 bridgehead atoms. The van der Waals surface area contributed by atoms with Crippen molar-refractivity contribution in [3.63, 3.8) is 0 Å². The minimum absolute atomic E-state index is 0.601. The summed E-state index contributed by atoms with van der Waals surface area (Å²) in [5.41, 5.74) is 1.29. The Balaban J connectivity index is 2.66. The highest BCUT2D eigenvalue weighted by atomic mass is 32.1. The lowest BCUT2D eigenvalue weighted by Gasteiger charge is -2.06. The van der Waals surface area contributed by atoms with Crippen LogP contribution in [0.15, 0.2) is 0 Å². The maximum atomic E-state index is 4.78. The van der Waals surface area contributed by atoms with E-state index < -0.39 is 0 Å². The number of thiazole rings is 1. The Labute approximate surface area is 110 Å². The summed E-state index contributed by atoms with van der Waals surface area (Å²) in [7, 11) is 0. The monoisotopic (exact) mass is 254 g/mol. The average Bonchev–Trinajstić information content (AvgIpc) is 2.71. The number of hydrogen-bond donors (Lipinski definition) is 1. The molecule has 1 atom stereocenters. The second-order valence-corrected chi connectivity index (χ2v) is 6.22. The maximum Gasteiger partial charge on any atom is 0.0959 e. The predicted octanol–water partition coefficient (Wildman–Crippen LogP) is 3.96. The van der Waals surface area contributed by atoms with Crippen LogP contribution in [-0.4, -0.2) is 11.5 Å². The molecule has 1 unspecified atom stereocenters. The Kier molecular flexibility index (Phi) is 6.14. The van der Waals surface area contributed by atoms with Gasteiger partial charge in [0.25, 0.3) is 0 Å². The van der Waals surface area contributed by atoms with E-state index in [4.69, 9.17) is 4.98 Å². The molecule has 0 fully saturated rings. The van der Waals surface area contributed by atoms with Crippen LogP contribution in [0.1, 0.15) is 62.5 Å². The first kappa shape index (κ1) is 14.7. The van der Waals surface area contributed by atoms with E-state index in [0.717, 1.165) is 19.5 Å². The third kappa shape index (κ3) is 4.40. The molecule has 0 aliphatic carbocycles. The number of hydrogen-bond acceptors (Lipinski definition) is 3. The Hall–Kier alpha value is -0.410. The molecule has 1 N–H and O–H groups in total. The zero-order valence-electron chi connectivity index (χ0n) is 11.8. The van der Waals surface area contributed by atoms with E-state index in [0.29, 0.717) is 11.8 Å².